The highest BCUT2D eigenvalue weighted by atomic mass is 35.5. The summed E-state index contributed by atoms with van der Waals surface area (Å²) < 4.78 is 15.0. The topological polar surface area (TPSA) is 56.5 Å². The van der Waals surface area contributed by atoms with E-state index >= 15 is 0 Å². The van der Waals surface area contributed by atoms with Crippen molar-refractivity contribution in [2.75, 3.05) is 0 Å². The second kappa shape index (κ2) is 5.98. The molecular weight excluding hydrogens is 329 g/mol. The van der Waals surface area contributed by atoms with Gasteiger partial charge in [-0.25, -0.2) is 14.4 Å². The van der Waals surface area contributed by atoms with Crippen molar-refractivity contribution in [3.05, 3.63) is 71.5 Å². The van der Waals surface area contributed by atoms with Gasteiger partial charge in [-0.15, -0.1) is 0 Å². The van der Waals surface area contributed by atoms with Gasteiger partial charge < -0.3 is 0 Å². The minimum atomic E-state index is -0.430. The number of hydrogen-bond donors (Lipinski definition) is 0. The van der Waals surface area contributed by atoms with Crippen molar-refractivity contribution in [2.24, 2.45) is 0 Å². The van der Waals surface area contributed by atoms with E-state index in [0.717, 1.165) is 16.6 Å². The molecule has 0 aliphatic heterocycles. The van der Waals surface area contributed by atoms with Gasteiger partial charge in [-0.3, -0.25) is 9.67 Å². The van der Waals surface area contributed by atoms with Gasteiger partial charge in [0.05, 0.1) is 29.7 Å². The van der Waals surface area contributed by atoms with Crippen molar-refractivity contribution in [2.45, 2.75) is 6.54 Å². The van der Waals surface area contributed by atoms with Crippen LogP contribution in [0.4, 0.5) is 4.39 Å². The third-order valence-corrected chi connectivity index (χ3v) is 3.87. The van der Waals surface area contributed by atoms with Crippen molar-refractivity contribution in [3.63, 3.8) is 0 Å². The molecule has 0 saturated carbocycles. The number of halogens is 2. The largest absolute Gasteiger partial charge is 0.268 e. The predicted octanol–water partition coefficient (Wildman–Crippen LogP) is 3.73. The van der Waals surface area contributed by atoms with Gasteiger partial charge in [0.2, 0.25) is 0 Å². The minimum Gasteiger partial charge on any atom is -0.268 e. The van der Waals surface area contributed by atoms with Crippen LogP contribution in [0, 0.1) is 5.82 Å². The predicted molar refractivity (Wildman–Crippen MR) is 89.1 cm³/mol. The van der Waals surface area contributed by atoms with Gasteiger partial charge in [0.25, 0.3) is 0 Å². The van der Waals surface area contributed by atoms with Crippen molar-refractivity contribution < 1.29 is 4.39 Å². The Labute approximate surface area is 141 Å². The zero-order valence-electron chi connectivity index (χ0n) is 12.4. The molecule has 7 heteroatoms. The number of nitrogens with zero attached hydrogens (tertiary/aromatic N) is 5. The first-order valence-electron chi connectivity index (χ1n) is 7.23. The zero-order valence-corrected chi connectivity index (χ0v) is 13.2. The standard InChI is InChI=1S/C17H11ClFN5/c18-13-6-11(3-4-14(13)19)9-24-10-12(7-22-24)16-8-21-15-2-1-5-20-17(15)23-16/h1-8,10H,9H2. The number of fused-ring (bicyclic) bond motifs is 1. The lowest BCUT2D eigenvalue weighted by atomic mass is 10.2. The molecule has 0 bridgehead atoms. The van der Waals surface area contributed by atoms with Crippen LogP contribution in [0.25, 0.3) is 22.4 Å². The molecule has 24 heavy (non-hydrogen) atoms. The summed E-state index contributed by atoms with van der Waals surface area (Å²) in [6, 6.07) is 8.31. The van der Waals surface area contributed by atoms with Crippen LogP contribution < -0.4 is 0 Å². The van der Waals surface area contributed by atoms with E-state index in [2.05, 4.69) is 20.1 Å². The first-order valence-corrected chi connectivity index (χ1v) is 7.61. The summed E-state index contributed by atoms with van der Waals surface area (Å²) >= 11 is 5.81. The Hall–Kier alpha value is -2.86. The van der Waals surface area contributed by atoms with Gasteiger partial charge in [-0.2, -0.15) is 5.10 Å². The molecule has 118 valence electrons. The number of benzene rings is 1. The van der Waals surface area contributed by atoms with E-state index in [9.17, 15) is 4.39 Å². The van der Waals surface area contributed by atoms with Gasteiger partial charge >= 0.3 is 0 Å². The van der Waals surface area contributed by atoms with E-state index < -0.39 is 5.82 Å². The third kappa shape index (κ3) is 2.83. The molecule has 0 N–H and O–H groups in total. The minimum absolute atomic E-state index is 0.103. The van der Waals surface area contributed by atoms with Gasteiger partial charge in [-0.1, -0.05) is 17.7 Å². The number of rotatable bonds is 3. The van der Waals surface area contributed by atoms with Crippen LogP contribution in [0.15, 0.2) is 55.1 Å². The van der Waals surface area contributed by atoms with Crippen LogP contribution in [0.1, 0.15) is 5.56 Å². The zero-order chi connectivity index (χ0) is 16.5. The van der Waals surface area contributed by atoms with Gasteiger partial charge in [-0.05, 0) is 29.8 Å². The Morgan fingerprint density at radius 2 is 2.04 bits per heavy atom. The molecular formula is C17H11ClFN5. The molecule has 0 fully saturated rings. The highest BCUT2D eigenvalue weighted by Gasteiger charge is 2.07. The molecule has 0 spiro atoms. The van der Waals surface area contributed by atoms with Gasteiger partial charge in [0, 0.05) is 18.0 Å². The molecule has 4 aromatic rings. The van der Waals surface area contributed by atoms with Crippen molar-refractivity contribution in [1.82, 2.24) is 24.7 Å². The summed E-state index contributed by atoms with van der Waals surface area (Å²) in [6.07, 6.45) is 6.95. The second-order valence-corrected chi connectivity index (χ2v) is 5.68. The van der Waals surface area contributed by atoms with Crippen LogP contribution in [0.3, 0.4) is 0 Å². The average molecular weight is 340 g/mol. The van der Waals surface area contributed by atoms with Crippen LogP contribution in [-0.2, 0) is 6.54 Å². The summed E-state index contributed by atoms with van der Waals surface area (Å²) in [7, 11) is 0. The molecule has 1 aromatic carbocycles. The van der Waals surface area contributed by atoms with Crippen molar-refractivity contribution in [1.29, 1.82) is 0 Å². The molecule has 5 nitrogen and oxygen atoms in total. The van der Waals surface area contributed by atoms with Crippen LogP contribution in [0.5, 0.6) is 0 Å². The molecule has 3 heterocycles. The second-order valence-electron chi connectivity index (χ2n) is 5.28. The lowest BCUT2D eigenvalue weighted by molar-refractivity contribution is 0.625. The number of aromatic nitrogens is 5. The highest BCUT2D eigenvalue weighted by molar-refractivity contribution is 6.30. The van der Waals surface area contributed by atoms with Crippen molar-refractivity contribution in [3.8, 4) is 11.3 Å². The molecule has 0 saturated heterocycles. The lowest BCUT2D eigenvalue weighted by Gasteiger charge is -2.03. The highest BCUT2D eigenvalue weighted by Crippen LogP contribution is 2.19. The van der Waals surface area contributed by atoms with E-state index in [-0.39, 0.29) is 5.02 Å². The van der Waals surface area contributed by atoms with Gasteiger partial charge in [0.1, 0.15) is 11.3 Å². The fraction of sp³-hybridized carbons (Fsp3) is 0.0588. The molecule has 0 aliphatic rings. The summed E-state index contributed by atoms with van der Waals surface area (Å²) in [6.45, 7) is 0.485. The van der Waals surface area contributed by atoms with E-state index in [1.807, 2.05) is 18.3 Å². The van der Waals surface area contributed by atoms with Crippen LogP contribution in [0.2, 0.25) is 5.02 Å². The normalized spacial score (nSPS) is 11.1. The van der Waals surface area contributed by atoms with Crippen LogP contribution >= 0.6 is 11.6 Å². The SMILES string of the molecule is Fc1ccc(Cn2cc(-c3cnc4cccnc4n3)cn2)cc1Cl. The average Bonchev–Trinajstić information content (AvgIpc) is 3.06. The monoisotopic (exact) mass is 339 g/mol. The third-order valence-electron chi connectivity index (χ3n) is 3.58. The lowest BCUT2D eigenvalue weighted by Crippen LogP contribution is -2.00. The molecule has 0 unspecified atom stereocenters. The van der Waals surface area contributed by atoms with Crippen LogP contribution in [-0.4, -0.2) is 24.7 Å². The summed E-state index contributed by atoms with van der Waals surface area (Å²) in [5.74, 6) is -0.430. The summed E-state index contributed by atoms with van der Waals surface area (Å²) in [5, 5.41) is 4.41. The first-order chi connectivity index (χ1) is 11.7. The number of pyridine rings is 1. The maximum atomic E-state index is 13.2. The Balaban J connectivity index is 1.62. The summed E-state index contributed by atoms with van der Waals surface area (Å²) in [4.78, 5) is 13.1. The fourth-order valence-corrected chi connectivity index (χ4v) is 2.60. The molecule has 0 aliphatic carbocycles. The molecule has 0 atom stereocenters. The summed E-state index contributed by atoms with van der Waals surface area (Å²) in [5.41, 5.74) is 3.73. The van der Waals surface area contributed by atoms with Crippen molar-refractivity contribution >= 4 is 22.8 Å². The fourth-order valence-electron chi connectivity index (χ4n) is 2.40. The van der Waals surface area contributed by atoms with E-state index in [4.69, 9.17) is 11.6 Å². The quantitative estimate of drug-likeness (QED) is 0.570. The molecule has 0 amide bonds. The Morgan fingerprint density at radius 1 is 1.12 bits per heavy atom. The Bertz CT molecular complexity index is 1030. The molecule has 0 radical (unpaired) electrons. The Morgan fingerprint density at radius 3 is 2.92 bits per heavy atom. The maximum absolute atomic E-state index is 13.2. The van der Waals surface area contributed by atoms with E-state index in [0.29, 0.717) is 17.9 Å². The van der Waals surface area contributed by atoms with E-state index in [1.54, 1.807) is 35.4 Å². The van der Waals surface area contributed by atoms with Gasteiger partial charge in [0.15, 0.2) is 5.65 Å². The molecule has 4 rings (SSSR count). The number of hydrogen-bond acceptors (Lipinski definition) is 4. The maximum Gasteiger partial charge on any atom is 0.178 e. The molecule has 3 aromatic heterocycles. The van der Waals surface area contributed by atoms with E-state index in [1.165, 1.54) is 6.07 Å². The Kier molecular flexibility index (Phi) is 3.66. The first kappa shape index (κ1) is 14.7. The smallest absolute Gasteiger partial charge is 0.178 e.